The number of hydrogen-bond donors (Lipinski definition) is 1. The average molecular weight is 426 g/mol. The van der Waals surface area contributed by atoms with Crippen molar-refractivity contribution in [3.05, 3.63) is 0 Å². The van der Waals surface area contributed by atoms with E-state index in [1.54, 1.807) is 0 Å². The minimum Gasteiger partial charge on any atom is -0.496 e. The first-order valence-electron chi connectivity index (χ1n) is 3.83. The molecule has 2 heterocycles. The summed E-state index contributed by atoms with van der Waals surface area (Å²) in [5.74, 6) is 0.615. The molecule has 0 fully saturated rings. The number of aliphatic imine (C=N–C) groups is 2. The van der Waals surface area contributed by atoms with Gasteiger partial charge < -0.3 is 9.84 Å². The van der Waals surface area contributed by atoms with E-state index >= 15 is 0 Å². The van der Waals surface area contributed by atoms with Crippen LogP contribution in [0.2, 0.25) is 0 Å². The third kappa shape index (κ3) is 8.83. The molecule has 0 aromatic heterocycles. The fourth-order valence-electron chi connectivity index (χ4n) is 0.691. The molecule has 88 valence electrons. The van der Waals surface area contributed by atoms with Gasteiger partial charge in [-0.05, 0) is 0 Å². The van der Waals surface area contributed by atoms with E-state index in [9.17, 15) is 9.59 Å². The van der Waals surface area contributed by atoms with Crippen molar-refractivity contribution in [1.29, 1.82) is 0 Å². The molecule has 2 aliphatic heterocycles. The standard InChI is InChI=1S/C4H5NO2S.C3H3NO2S.2Y/c1-7-4-5-3(6)2-8-4;5-2-1-7-3(6)4-2;;/h2H2,1H3;1H2,(H,4,5,6);;. The van der Waals surface area contributed by atoms with Gasteiger partial charge in [-0.2, -0.15) is 9.98 Å². The number of rotatable bonds is 0. The predicted molar refractivity (Wildman–Crippen MR) is 59.8 cm³/mol. The quantitative estimate of drug-likeness (QED) is 0.624. The van der Waals surface area contributed by atoms with Crippen LogP contribution in [-0.2, 0) is 74.9 Å². The zero-order valence-corrected chi connectivity index (χ0v) is 16.3. The van der Waals surface area contributed by atoms with Gasteiger partial charge in [-0.3, -0.25) is 9.59 Å². The van der Waals surface area contributed by atoms with Crippen molar-refractivity contribution in [2.45, 2.75) is 0 Å². The summed E-state index contributed by atoms with van der Waals surface area (Å²) in [5.41, 5.74) is 0. The van der Waals surface area contributed by atoms with Gasteiger partial charge >= 0.3 is 5.24 Å². The Labute approximate surface area is 157 Å². The monoisotopic (exact) mass is 426 g/mol. The van der Waals surface area contributed by atoms with E-state index in [1.807, 2.05) is 0 Å². The zero-order chi connectivity index (χ0) is 11.3. The topological polar surface area (TPSA) is 88.3 Å². The average Bonchev–Trinajstić information content (AvgIpc) is 2.76. The molecule has 17 heavy (non-hydrogen) atoms. The Hall–Kier alpha value is 1.19. The molecule has 0 aromatic rings. The van der Waals surface area contributed by atoms with Crippen LogP contribution < -0.4 is 0 Å². The van der Waals surface area contributed by atoms with E-state index < -0.39 is 0 Å². The van der Waals surface area contributed by atoms with Crippen LogP contribution >= 0.6 is 23.5 Å². The minimum absolute atomic E-state index is 0. The summed E-state index contributed by atoms with van der Waals surface area (Å²) in [6.45, 7) is 0. The van der Waals surface area contributed by atoms with Gasteiger partial charge in [0, 0.05) is 65.4 Å². The summed E-state index contributed by atoms with van der Waals surface area (Å²) in [6.07, 6.45) is 0. The SMILES string of the molecule is COC1=NC(=O)CS1.O=C1N=C(O)CS1.[Y].[Y]. The third-order valence-corrected chi connectivity index (χ3v) is 2.89. The van der Waals surface area contributed by atoms with Crippen molar-refractivity contribution in [1.82, 2.24) is 0 Å². The number of amides is 2. The molecule has 0 unspecified atom stereocenters. The normalized spacial score (nSPS) is 17.0. The number of thioether (sulfide) groups is 2. The van der Waals surface area contributed by atoms with Crippen LogP contribution in [0.25, 0.3) is 0 Å². The van der Waals surface area contributed by atoms with Crippen molar-refractivity contribution in [3.63, 3.8) is 0 Å². The largest absolute Gasteiger partial charge is 0.496 e. The minimum atomic E-state index is -0.294. The second-order valence-corrected chi connectivity index (χ2v) is 4.20. The van der Waals surface area contributed by atoms with E-state index in [2.05, 4.69) is 14.7 Å². The van der Waals surface area contributed by atoms with Gasteiger partial charge in [0.15, 0.2) is 5.90 Å². The summed E-state index contributed by atoms with van der Waals surface area (Å²) in [4.78, 5) is 27.1. The molecule has 0 saturated heterocycles. The molecule has 2 amide bonds. The van der Waals surface area contributed by atoms with Crippen molar-refractivity contribution in [2.24, 2.45) is 9.98 Å². The van der Waals surface area contributed by atoms with E-state index in [0.29, 0.717) is 16.7 Å². The molecular weight excluding hydrogens is 418 g/mol. The first-order valence-corrected chi connectivity index (χ1v) is 5.80. The smallest absolute Gasteiger partial charge is 0.308 e. The Morgan fingerprint density at radius 3 is 2.00 bits per heavy atom. The third-order valence-electron chi connectivity index (χ3n) is 1.25. The van der Waals surface area contributed by atoms with Gasteiger partial charge in [-0.1, -0.05) is 23.5 Å². The number of methoxy groups -OCH3 is 1. The summed E-state index contributed by atoms with van der Waals surface area (Å²) in [5, 5.41) is 8.60. The van der Waals surface area contributed by atoms with Crippen molar-refractivity contribution in [2.75, 3.05) is 18.6 Å². The second-order valence-electron chi connectivity index (χ2n) is 2.35. The molecule has 1 N–H and O–H groups in total. The van der Waals surface area contributed by atoms with Crippen molar-refractivity contribution in [3.8, 4) is 0 Å². The summed E-state index contributed by atoms with van der Waals surface area (Å²) >= 11 is 2.34. The molecule has 0 saturated carbocycles. The molecule has 0 atom stereocenters. The van der Waals surface area contributed by atoms with Gasteiger partial charge in [0.05, 0.1) is 18.6 Å². The van der Waals surface area contributed by atoms with Crippen molar-refractivity contribution < 1.29 is 84.9 Å². The van der Waals surface area contributed by atoms with E-state index in [1.165, 1.54) is 18.9 Å². The summed E-state index contributed by atoms with van der Waals surface area (Å²) < 4.78 is 4.67. The number of aliphatic hydroxyl groups excluding tert-OH is 1. The van der Waals surface area contributed by atoms with Crippen LogP contribution in [0.1, 0.15) is 0 Å². The first-order chi connectivity index (χ1) is 7.11. The molecule has 0 spiro atoms. The Kier molecular flexibility index (Phi) is 13.3. The first kappa shape index (κ1) is 20.5. The maximum atomic E-state index is 10.3. The van der Waals surface area contributed by atoms with Gasteiger partial charge in [0.2, 0.25) is 0 Å². The molecular formula is C7H8N2O4S2Y2. The van der Waals surface area contributed by atoms with Crippen molar-refractivity contribution >= 4 is 45.8 Å². The molecule has 2 radical (unpaired) electrons. The van der Waals surface area contributed by atoms with Crippen LogP contribution in [0.4, 0.5) is 4.79 Å². The maximum absolute atomic E-state index is 10.3. The Balaban J connectivity index is 0. The number of hydrogen-bond acceptors (Lipinski definition) is 5. The number of aliphatic hydroxyl groups is 1. The molecule has 0 bridgehead atoms. The van der Waals surface area contributed by atoms with Crippen LogP contribution in [0.15, 0.2) is 9.98 Å². The van der Waals surface area contributed by atoms with Crippen LogP contribution in [0.3, 0.4) is 0 Å². The number of carbonyl (C=O) groups excluding carboxylic acids is 2. The van der Waals surface area contributed by atoms with E-state index in [0.717, 1.165) is 11.8 Å². The number of carbonyl (C=O) groups is 2. The molecule has 0 aliphatic carbocycles. The molecule has 2 rings (SSSR count). The van der Waals surface area contributed by atoms with Crippen LogP contribution in [0.5, 0.6) is 0 Å². The summed E-state index contributed by atoms with van der Waals surface area (Å²) in [6, 6.07) is 0. The fourth-order valence-corrected chi connectivity index (χ4v) is 1.77. The van der Waals surface area contributed by atoms with Crippen LogP contribution in [-0.4, -0.2) is 46.0 Å². The Bertz CT molecular complexity index is 349. The van der Waals surface area contributed by atoms with Gasteiger partial charge in [-0.15, -0.1) is 0 Å². The second kappa shape index (κ2) is 11.1. The maximum Gasteiger partial charge on any atom is 0.308 e. The molecule has 6 nitrogen and oxygen atoms in total. The molecule has 2 aliphatic rings. The van der Waals surface area contributed by atoms with E-state index in [-0.39, 0.29) is 82.5 Å². The fraction of sp³-hybridized carbons (Fsp3) is 0.429. The van der Waals surface area contributed by atoms with Crippen LogP contribution in [0, 0.1) is 0 Å². The number of ether oxygens (including phenoxy) is 1. The van der Waals surface area contributed by atoms with Gasteiger partial charge in [0.1, 0.15) is 0 Å². The predicted octanol–water partition coefficient (Wildman–Crippen LogP) is 1.07. The Morgan fingerprint density at radius 2 is 1.82 bits per heavy atom. The zero-order valence-electron chi connectivity index (χ0n) is 8.95. The number of nitrogens with zero attached hydrogens (tertiary/aromatic N) is 2. The Morgan fingerprint density at radius 1 is 1.18 bits per heavy atom. The van der Waals surface area contributed by atoms with Gasteiger partial charge in [0.25, 0.3) is 11.1 Å². The molecule has 0 aromatic carbocycles. The van der Waals surface area contributed by atoms with E-state index in [4.69, 9.17) is 5.11 Å². The summed E-state index contributed by atoms with van der Waals surface area (Å²) in [7, 11) is 1.50. The molecule has 10 heteroatoms. The van der Waals surface area contributed by atoms with Gasteiger partial charge in [-0.25, -0.2) is 0 Å².